The predicted octanol–water partition coefficient (Wildman–Crippen LogP) is 6.42. The third-order valence-corrected chi connectivity index (χ3v) is 9.40. The number of amides is 3. The summed E-state index contributed by atoms with van der Waals surface area (Å²) >= 11 is 0. The van der Waals surface area contributed by atoms with Crippen LogP contribution in [0.2, 0.25) is 0 Å². The first-order valence-corrected chi connectivity index (χ1v) is 18.8. The second-order valence-electron chi connectivity index (χ2n) is 13.2. The average molecular weight is 772 g/mol. The molecule has 1 aromatic rings. The Morgan fingerprint density at radius 2 is 1.38 bits per heavy atom. The number of aromatic nitrogens is 1. The topological polar surface area (TPSA) is 88.8 Å². The number of nitrogens with one attached hydrogen (secondary N) is 1. The van der Waals surface area contributed by atoms with Gasteiger partial charge in [-0.1, -0.05) is 129 Å². The Hall–Kier alpha value is -1.91. The summed E-state index contributed by atoms with van der Waals surface area (Å²) < 4.78 is 13.4. The molecule has 0 spiro atoms. The summed E-state index contributed by atoms with van der Waals surface area (Å²) in [4.78, 5) is 39.3. The highest BCUT2D eigenvalue weighted by Crippen LogP contribution is 2.29. The van der Waals surface area contributed by atoms with Crippen molar-refractivity contribution in [3.05, 3.63) is 30.1 Å². The second kappa shape index (κ2) is 28.0. The van der Waals surface area contributed by atoms with Crippen LogP contribution in [0.5, 0.6) is 0 Å². The van der Waals surface area contributed by atoms with Gasteiger partial charge in [-0.3, -0.25) is 4.79 Å². The van der Waals surface area contributed by atoms with Gasteiger partial charge in [0.15, 0.2) is 6.20 Å². The third kappa shape index (κ3) is 19.6. The van der Waals surface area contributed by atoms with Gasteiger partial charge in [0.25, 0.3) is 0 Å². The number of imide groups is 1. The number of rotatable bonds is 24. The van der Waals surface area contributed by atoms with E-state index in [1.54, 1.807) is 0 Å². The van der Waals surface area contributed by atoms with Crippen LogP contribution in [-0.2, 0) is 27.4 Å². The SMILES string of the molecule is CCCCCCCCCCCCCCCCCCNC(=O)OCC(OC(=O)N(Cc1cccc[n+]1CC)C(C)=O)C1CCCCC1.[I-]. The smallest absolute Gasteiger partial charge is 0.417 e. The number of carbonyl (C=O) groups excluding carboxylic acids is 3. The molecular formula is C38H66IN3O5. The van der Waals surface area contributed by atoms with Crippen LogP contribution in [0.15, 0.2) is 24.4 Å². The van der Waals surface area contributed by atoms with Gasteiger partial charge in [-0.25, -0.2) is 19.1 Å². The molecule has 1 aliphatic carbocycles. The number of carbonyl (C=O) groups is 3. The Labute approximate surface area is 303 Å². The lowest BCUT2D eigenvalue weighted by Crippen LogP contribution is -3.00. The summed E-state index contributed by atoms with van der Waals surface area (Å²) in [6.07, 6.45) is 26.3. The van der Waals surface area contributed by atoms with Crippen molar-refractivity contribution in [1.29, 1.82) is 0 Å². The molecular weight excluding hydrogens is 705 g/mol. The number of aryl methyl sites for hydroxylation is 1. The van der Waals surface area contributed by atoms with Gasteiger partial charge in [-0.2, -0.15) is 0 Å². The second-order valence-corrected chi connectivity index (χ2v) is 13.2. The van der Waals surface area contributed by atoms with E-state index in [1.807, 2.05) is 35.9 Å². The zero-order valence-electron chi connectivity index (χ0n) is 30.0. The van der Waals surface area contributed by atoms with Gasteiger partial charge < -0.3 is 38.8 Å². The lowest BCUT2D eigenvalue weighted by atomic mass is 9.85. The molecule has 1 aromatic heterocycles. The van der Waals surface area contributed by atoms with E-state index in [0.29, 0.717) is 6.54 Å². The van der Waals surface area contributed by atoms with E-state index in [4.69, 9.17) is 9.47 Å². The summed E-state index contributed by atoms with van der Waals surface area (Å²) in [5.41, 5.74) is 0.844. The molecule has 1 unspecified atom stereocenters. The van der Waals surface area contributed by atoms with Crippen molar-refractivity contribution in [3.8, 4) is 0 Å². The predicted molar refractivity (Wildman–Crippen MR) is 184 cm³/mol. The zero-order chi connectivity index (χ0) is 33.2. The van der Waals surface area contributed by atoms with E-state index in [-0.39, 0.29) is 49.0 Å². The minimum absolute atomic E-state index is 0. The molecule has 47 heavy (non-hydrogen) atoms. The Morgan fingerprint density at radius 3 is 1.91 bits per heavy atom. The highest BCUT2D eigenvalue weighted by Gasteiger charge is 2.32. The molecule has 0 aromatic carbocycles. The number of halogens is 1. The fourth-order valence-corrected chi connectivity index (χ4v) is 6.47. The number of nitrogens with zero attached hydrogens (tertiary/aromatic N) is 2. The fraction of sp³-hybridized carbons (Fsp3) is 0.789. The average Bonchev–Trinajstić information content (AvgIpc) is 3.07. The van der Waals surface area contributed by atoms with Crippen molar-refractivity contribution in [1.82, 2.24) is 10.2 Å². The molecule has 1 aliphatic rings. The highest BCUT2D eigenvalue weighted by molar-refractivity contribution is 5.90. The van der Waals surface area contributed by atoms with E-state index in [9.17, 15) is 14.4 Å². The first kappa shape index (κ1) is 43.1. The summed E-state index contributed by atoms with van der Waals surface area (Å²) in [6, 6.07) is 5.71. The molecule has 1 fully saturated rings. The minimum Gasteiger partial charge on any atom is -1.00 e. The molecule has 8 nitrogen and oxygen atoms in total. The normalized spacial score (nSPS) is 13.8. The number of hydrogen-bond donors (Lipinski definition) is 1. The Morgan fingerprint density at radius 1 is 0.830 bits per heavy atom. The molecule has 1 saturated carbocycles. The van der Waals surface area contributed by atoms with Crippen LogP contribution < -0.4 is 33.9 Å². The van der Waals surface area contributed by atoms with Crippen LogP contribution in [0.4, 0.5) is 9.59 Å². The van der Waals surface area contributed by atoms with Crippen LogP contribution in [0, 0.1) is 5.92 Å². The molecule has 0 radical (unpaired) electrons. The van der Waals surface area contributed by atoms with Gasteiger partial charge >= 0.3 is 12.2 Å². The third-order valence-electron chi connectivity index (χ3n) is 9.40. The van der Waals surface area contributed by atoms with Crippen molar-refractivity contribution < 1.29 is 52.4 Å². The van der Waals surface area contributed by atoms with E-state index in [1.165, 1.54) is 96.8 Å². The number of unbranched alkanes of at least 4 members (excludes halogenated alkanes) is 15. The minimum atomic E-state index is -0.688. The lowest BCUT2D eigenvalue weighted by Gasteiger charge is -2.31. The van der Waals surface area contributed by atoms with Crippen LogP contribution >= 0.6 is 0 Å². The van der Waals surface area contributed by atoms with Crippen molar-refractivity contribution in [2.24, 2.45) is 5.92 Å². The van der Waals surface area contributed by atoms with Crippen LogP contribution in [0.25, 0.3) is 0 Å². The zero-order valence-corrected chi connectivity index (χ0v) is 32.1. The number of ether oxygens (including phenoxy) is 2. The number of pyridine rings is 1. The van der Waals surface area contributed by atoms with Gasteiger partial charge in [0.1, 0.15) is 25.8 Å². The molecule has 2 rings (SSSR count). The fourth-order valence-electron chi connectivity index (χ4n) is 6.47. The largest absolute Gasteiger partial charge is 1.00 e. The van der Waals surface area contributed by atoms with E-state index in [2.05, 4.69) is 12.2 Å². The maximum Gasteiger partial charge on any atom is 0.417 e. The van der Waals surface area contributed by atoms with Gasteiger partial charge in [-0.15, -0.1) is 0 Å². The first-order valence-electron chi connectivity index (χ1n) is 18.8. The van der Waals surface area contributed by atoms with Gasteiger partial charge in [-0.05, 0) is 32.1 Å². The Bertz CT molecular complexity index is 972. The quantitative estimate of drug-likeness (QED) is 0.0746. The molecule has 270 valence electrons. The maximum atomic E-state index is 13.2. The molecule has 3 amide bonds. The molecule has 0 bridgehead atoms. The monoisotopic (exact) mass is 771 g/mol. The Kier molecular flexibility index (Phi) is 25.7. The van der Waals surface area contributed by atoms with E-state index < -0.39 is 18.3 Å². The molecule has 1 N–H and O–H groups in total. The van der Waals surface area contributed by atoms with Crippen LogP contribution in [-0.4, -0.2) is 42.2 Å². The van der Waals surface area contributed by atoms with E-state index >= 15 is 0 Å². The lowest BCUT2D eigenvalue weighted by molar-refractivity contribution is -0.701. The van der Waals surface area contributed by atoms with E-state index in [0.717, 1.165) is 62.1 Å². The summed E-state index contributed by atoms with van der Waals surface area (Å²) in [5.74, 6) is -0.270. The van der Waals surface area contributed by atoms with Crippen LogP contribution in [0.3, 0.4) is 0 Å². The van der Waals surface area contributed by atoms with Gasteiger partial charge in [0.2, 0.25) is 11.6 Å². The molecule has 1 atom stereocenters. The van der Waals surface area contributed by atoms with Crippen molar-refractivity contribution in [3.63, 3.8) is 0 Å². The summed E-state index contributed by atoms with van der Waals surface area (Å²) in [6.45, 7) is 7.09. The van der Waals surface area contributed by atoms with Gasteiger partial charge in [0.05, 0.1) is 0 Å². The summed E-state index contributed by atoms with van der Waals surface area (Å²) in [7, 11) is 0. The molecule has 0 saturated heterocycles. The number of alkyl carbamates (subject to hydrolysis) is 1. The van der Waals surface area contributed by atoms with Crippen molar-refractivity contribution >= 4 is 18.1 Å². The Balaban J connectivity index is 0.0000110. The molecule has 1 heterocycles. The van der Waals surface area contributed by atoms with Crippen molar-refractivity contribution in [2.45, 2.75) is 175 Å². The standard InChI is InChI=1S/C38H65N3O5.HI/c1-4-6-7-8-9-10-11-12-13-14-15-16-17-18-19-24-29-39-37(43)45-32-36(34-26-21-20-22-27-34)46-38(44)41(33(3)42)31-35-28-23-25-30-40(35)5-2;/h23,25,28,30,34,36H,4-22,24,26-27,29,31-32H2,1-3H3;1H. The maximum absolute atomic E-state index is 13.2. The van der Waals surface area contributed by atoms with Crippen molar-refractivity contribution in [2.75, 3.05) is 13.2 Å². The molecule has 9 heteroatoms. The van der Waals surface area contributed by atoms with Gasteiger partial charge in [0, 0.05) is 25.6 Å². The summed E-state index contributed by atoms with van der Waals surface area (Å²) in [5, 5.41) is 2.86. The number of hydrogen-bond acceptors (Lipinski definition) is 5. The molecule has 0 aliphatic heterocycles. The first-order chi connectivity index (χ1) is 22.5. The van der Waals surface area contributed by atoms with Crippen LogP contribution in [0.1, 0.15) is 161 Å². The highest BCUT2D eigenvalue weighted by atomic mass is 127.